The summed E-state index contributed by atoms with van der Waals surface area (Å²) in [5.74, 6) is -0.177. The molecule has 0 saturated carbocycles. The van der Waals surface area contributed by atoms with Gasteiger partial charge in [0.05, 0.1) is 16.0 Å². The van der Waals surface area contributed by atoms with Gasteiger partial charge in [0.2, 0.25) is 0 Å². The van der Waals surface area contributed by atoms with E-state index < -0.39 is 9.84 Å². The minimum Gasteiger partial charge on any atom is -0.284 e. The number of amides is 1. The van der Waals surface area contributed by atoms with E-state index in [1.165, 1.54) is 17.6 Å². The lowest BCUT2D eigenvalue weighted by Crippen LogP contribution is -2.30. The van der Waals surface area contributed by atoms with Crippen molar-refractivity contribution in [3.63, 3.8) is 0 Å². The average molecular weight is 374 g/mol. The lowest BCUT2D eigenvalue weighted by Gasteiger charge is -2.17. The highest BCUT2D eigenvalue weighted by molar-refractivity contribution is 7.89. The van der Waals surface area contributed by atoms with Crippen molar-refractivity contribution in [2.24, 2.45) is 0 Å². The number of thiazole rings is 1. The summed E-state index contributed by atoms with van der Waals surface area (Å²) in [6, 6.07) is 14.5. The predicted molar refractivity (Wildman–Crippen MR) is 102 cm³/mol. The first-order valence-corrected chi connectivity index (χ1v) is 10.7. The Labute approximate surface area is 150 Å². The van der Waals surface area contributed by atoms with Gasteiger partial charge >= 0.3 is 0 Å². The highest BCUT2D eigenvalue weighted by atomic mass is 32.2. The first-order valence-electron chi connectivity index (χ1n) is 7.81. The minimum absolute atomic E-state index is 0.0309. The van der Waals surface area contributed by atoms with Crippen LogP contribution in [0.4, 0.5) is 5.13 Å². The standard InChI is InChI=1S/C18H18N2O3S2/c1-3-20(18-19-15-6-4-5-7-16(15)24-18)17(21)14-10-8-13(9-11-14)12-25(2,22)23/h4-11H,3,12H2,1-2H3. The molecule has 3 aromatic rings. The van der Waals surface area contributed by atoms with Crippen molar-refractivity contribution in [1.29, 1.82) is 0 Å². The molecule has 7 heteroatoms. The molecule has 0 spiro atoms. The number of nitrogens with zero attached hydrogens (tertiary/aromatic N) is 2. The van der Waals surface area contributed by atoms with Crippen LogP contribution in [0, 0.1) is 0 Å². The molecule has 0 fully saturated rings. The van der Waals surface area contributed by atoms with E-state index in [1.54, 1.807) is 29.2 Å². The molecule has 5 nitrogen and oxygen atoms in total. The molecule has 1 aromatic heterocycles. The van der Waals surface area contributed by atoms with Crippen LogP contribution in [0.5, 0.6) is 0 Å². The molecule has 130 valence electrons. The number of benzene rings is 2. The Morgan fingerprint density at radius 3 is 2.40 bits per heavy atom. The second-order valence-electron chi connectivity index (χ2n) is 5.78. The number of anilines is 1. The molecule has 3 rings (SSSR count). The fraction of sp³-hybridized carbons (Fsp3) is 0.222. The molecule has 1 amide bonds. The maximum atomic E-state index is 12.8. The van der Waals surface area contributed by atoms with Crippen LogP contribution >= 0.6 is 11.3 Å². The fourth-order valence-electron chi connectivity index (χ4n) is 2.54. The molecular weight excluding hydrogens is 356 g/mol. The van der Waals surface area contributed by atoms with Gasteiger partial charge in [0.1, 0.15) is 0 Å². The number of rotatable bonds is 5. The summed E-state index contributed by atoms with van der Waals surface area (Å²) in [5, 5.41) is 0.661. The number of hydrogen-bond acceptors (Lipinski definition) is 5. The Morgan fingerprint density at radius 2 is 1.80 bits per heavy atom. The van der Waals surface area contributed by atoms with Crippen molar-refractivity contribution in [3.05, 3.63) is 59.7 Å². The molecule has 2 aromatic carbocycles. The van der Waals surface area contributed by atoms with Crippen LogP contribution in [0.15, 0.2) is 48.5 Å². The monoisotopic (exact) mass is 374 g/mol. The molecule has 25 heavy (non-hydrogen) atoms. The van der Waals surface area contributed by atoms with Gasteiger partial charge in [-0.15, -0.1) is 0 Å². The molecule has 0 unspecified atom stereocenters. The van der Waals surface area contributed by atoms with E-state index in [0.29, 0.717) is 22.8 Å². The maximum Gasteiger partial charge on any atom is 0.260 e. The lowest BCUT2D eigenvalue weighted by atomic mass is 10.1. The molecule has 0 bridgehead atoms. The van der Waals surface area contributed by atoms with Crippen LogP contribution in [0.3, 0.4) is 0 Å². The van der Waals surface area contributed by atoms with Crippen molar-refractivity contribution in [2.45, 2.75) is 12.7 Å². The van der Waals surface area contributed by atoms with Gasteiger partial charge in [-0.25, -0.2) is 13.4 Å². The zero-order valence-electron chi connectivity index (χ0n) is 14.0. The van der Waals surface area contributed by atoms with E-state index in [0.717, 1.165) is 10.2 Å². The summed E-state index contributed by atoms with van der Waals surface area (Å²) < 4.78 is 23.8. The summed E-state index contributed by atoms with van der Waals surface area (Å²) in [6.45, 7) is 2.41. The normalized spacial score (nSPS) is 11.6. The first-order chi connectivity index (χ1) is 11.9. The molecule has 0 atom stereocenters. The van der Waals surface area contributed by atoms with Crippen LogP contribution < -0.4 is 4.90 Å². The van der Waals surface area contributed by atoms with Crippen molar-refractivity contribution in [2.75, 3.05) is 17.7 Å². The lowest BCUT2D eigenvalue weighted by molar-refractivity contribution is 0.0988. The third-order valence-corrected chi connectivity index (χ3v) is 5.62. The second-order valence-corrected chi connectivity index (χ2v) is 8.93. The van der Waals surface area contributed by atoms with Crippen molar-refractivity contribution in [1.82, 2.24) is 4.98 Å². The van der Waals surface area contributed by atoms with Crippen molar-refractivity contribution >= 4 is 42.4 Å². The number of carbonyl (C=O) groups excluding carboxylic acids is 1. The van der Waals surface area contributed by atoms with E-state index in [9.17, 15) is 13.2 Å². The number of sulfone groups is 1. The quantitative estimate of drug-likeness (QED) is 0.685. The average Bonchev–Trinajstić information content (AvgIpc) is 2.98. The summed E-state index contributed by atoms with van der Waals surface area (Å²) in [6.07, 6.45) is 1.19. The van der Waals surface area contributed by atoms with Gasteiger partial charge in [0.25, 0.3) is 5.91 Å². The molecule has 0 aliphatic rings. The molecule has 0 radical (unpaired) electrons. The molecular formula is C18H18N2O3S2. The number of para-hydroxylation sites is 1. The largest absolute Gasteiger partial charge is 0.284 e. The second kappa shape index (κ2) is 6.93. The van der Waals surface area contributed by atoms with Gasteiger partial charge in [-0.1, -0.05) is 35.6 Å². The predicted octanol–water partition coefficient (Wildman–Crippen LogP) is 3.51. The maximum absolute atomic E-state index is 12.8. The van der Waals surface area contributed by atoms with Gasteiger partial charge in [0, 0.05) is 18.4 Å². The zero-order valence-corrected chi connectivity index (χ0v) is 15.6. The van der Waals surface area contributed by atoms with Gasteiger partial charge < -0.3 is 0 Å². The van der Waals surface area contributed by atoms with Gasteiger partial charge in [-0.2, -0.15) is 0 Å². The van der Waals surface area contributed by atoms with Crippen LogP contribution in [-0.4, -0.2) is 32.1 Å². The van der Waals surface area contributed by atoms with E-state index in [-0.39, 0.29) is 11.7 Å². The Hall–Kier alpha value is -2.25. The Morgan fingerprint density at radius 1 is 1.12 bits per heavy atom. The van der Waals surface area contributed by atoms with Gasteiger partial charge in [-0.05, 0) is 36.8 Å². The topological polar surface area (TPSA) is 67.3 Å². The summed E-state index contributed by atoms with van der Waals surface area (Å²) in [5.41, 5.74) is 2.05. The SMILES string of the molecule is CCN(C(=O)c1ccc(CS(C)(=O)=O)cc1)c1nc2ccccc2s1. The highest BCUT2D eigenvalue weighted by Crippen LogP contribution is 2.29. The number of hydrogen-bond donors (Lipinski definition) is 0. The van der Waals surface area contributed by atoms with Gasteiger partial charge in [0.15, 0.2) is 15.0 Å². The van der Waals surface area contributed by atoms with Crippen LogP contribution in [-0.2, 0) is 15.6 Å². The smallest absolute Gasteiger partial charge is 0.260 e. The van der Waals surface area contributed by atoms with E-state index in [1.807, 2.05) is 31.2 Å². The number of carbonyl (C=O) groups is 1. The molecule has 1 heterocycles. The third kappa shape index (κ3) is 4.05. The van der Waals surface area contributed by atoms with Gasteiger partial charge in [-0.3, -0.25) is 9.69 Å². The zero-order chi connectivity index (χ0) is 18.0. The molecule has 0 aliphatic heterocycles. The first kappa shape index (κ1) is 17.6. The van der Waals surface area contributed by atoms with Crippen LogP contribution in [0.25, 0.3) is 10.2 Å². The molecule has 0 N–H and O–H groups in total. The van der Waals surface area contributed by atoms with Crippen molar-refractivity contribution in [3.8, 4) is 0 Å². The van der Waals surface area contributed by atoms with E-state index in [2.05, 4.69) is 4.98 Å². The summed E-state index contributed by atoms with van der Waals surface area (Å²) in [4.78, 5) is 19.0. The summed E-state index contributed by atoms with van der Waals surface area (Å²) >= 11 is 1.48. The Balaban J connectivity index is 1.87. The number of aromatic nitrogens is 1. The molecule has 0 saturated heterocycles. The Bertz CT molecular complexity index is 975. The molecule has 0 aliphatic carbocycles. The Kier molecular flexibility index (Phi) is 4.87. The van der Waals surface area contributed by atoms with E-state index >= 15 is 0 Å². The van der Waals surface area contributed by atoms with Crippen LogP contribution in [0.2, 0.25) is 0 Å². The number of fused-ring (bicyclic) bond motifs is 1. The third-order valence-electron chi connectivity index (χ3n) is 3.70. The summed E-state index contributed by atoms with van der Waals surface area (Å²) in [7, 11) is -3.09. The van der Waals surface area contributed by atoms with Crippen LogP contribution in [0.1, 0.15) is 22.8 Å². The van der Waals surface area contributed by atoms with Crippen molar-refractivity contribution < 1.29 is 13.2 Å². The highest BCUT2D eigenvalue weighted by Gasteiger charge is 2.19. The minimum atomic E-state index is -3.09. The fourth-order valence-corrected chi connectivity index (χ4v) is 4.37. The van der Waals surface area contributed by atoms with E-state index in [4.69, 9.17) is 0 Å².